The number of rotatable bonds is 5. The first-order valence-electron chi connectivity index (χ1n) is 5.81. The van der Waals surface area contributed by atoms with E-state index < -0.39 is 0 Å². The average molecular weight is 274 g/mol. The molecule has 0 saturated heterocycles. The van der Waals surface area contributed by atoms with Gasteiger partial charge in [-0.15, -0.1) is 0 Å². The number of amides is 1. The van der Waals surface area contributed by atoms with E-state index in [1.165, 1.54) is 0 Å². The third-order valence-electron chi connectivity index (χ3n) is 2.83. The smallest absolute Gasteiger partial charge is 0.251 e. The van der Waals surface area contributed by atoms with Gasteiger partial charge in [-0.3, -0.25) is 4.79 Å². The molecule has 4 heteroatoms. The molecule has 94 valence electrons. The van der Waals surface area contributed by atoms with Crippen molar-refractivity contribution in [2.75, 3.05) is 6.54 Å². The van der Waals surface area contributed by atoms with E-state index in [9.17, 15) is 4.79 Å². The van der Waals surface area contributed by atoms with Gasteiger partial charge < -0.3 is 5.32 Å². The third-order valence-corrected chi connectivity index (χ3v) is 3.27. The van der Waals surface area contributed by atoms with Crippen LogP contribution >= 0.6 is 23.2 Å². The van der Waals surface area contributed by atoms with Gasteiger partial charge in [-0.2, -0.15) is 0 Å². The molecule has 0 aliphatic rings. The summed E-state index contributed by atoms with van der Waals surface area (Å²) in [5.74, 6) is 0.398. The molecule has 1 amide bonds. The summed E-state index contributed by atoms with van der Waals surface area (Å²) in [5.41, 5.74) is 0.508. The van der Waals surface area contributed by atoms with Crippen LogP contribution in [-0.4, -0.2) is 12.5 Å². The first kappa shape index (κ1) is 14.3. The van der Waals surface area contributed by atoms with Crippen molar-refractivity contribution < 1.29 is 4.79 Å². The zero-order chi connectivity index (χ0) is 12.8. The monoisotopic (exact) mass is 273 g/mol. The van der Waals surface area contributed by atoms with Crippen molar-refractivity contribution in [2.45, 2.75) is 26.7 Å². The first-order valence-corrected chi connectivity index (χ1v) is 6.56. The normalized spacial score (nSPS) is 10.6. The molecule has 0 atom stereocenters. The van der Waals surface area contributed by atoms with E-state index in [-0.39, 0.29) is 5.91 Å². The summed E-state index contributed by atoms with van der Waals surface area (Å²) >= 11 is 11.7. The van der Waals surface area contributed by atoms with Gasteiger partial charge in [0.25, 0.3) is 5.91 Å². The van der Waals surface area contributed by atoms with E-state index in [2.05, 4.69) is 19.2 Å². The van der Waals surface area contributed by atoms with Crippen LogP contribution in [0.25, 0.3) is 0 Å². The quantitative estimate of drug-likeness (QED) is 0.858. The van der Waals surface area contributed by atoms with Crippen LogP contribution in [0, 0.1) is 5.92 Å². The van der Waals surface area contributed by atoms with Crippen LogP contribution in [0.5, 0.6) is 0 Å². The minimum Gasteiger partial charge on any atom is -0.352 e. The second-order valence-corrected chi connectivity index (χ2v) is 4.92. The predicted octanol–water partition coefficient (Wildman–Crippen LogP) is 4.16. The molecule has 1 aromatic carbocycles. The molecule has 17 heavy (non-hydrogen) atoms. The fourth-order valence-electron chi connectivity index (χ4n) is 1.60. The largest absolute Gasteiger partial charge is 0.352 e. The molecule has 0 fully saturated rings. The molecule has 1 N–H and O–H groups in total. The van der Waals surface area contributed by atoms with Gasteiger partial charge in [-0.05, 0) is 24.1 Å². The van der Waals surface area contributed by atoms with E-state index in [4.69, 9.17) is 23.2 Å². The molecule has 0 aromatic heterocycles. The van der Waals surface area contributed by atoms with Gasteiger partial charge in [0.05, 0.1) is 0 Å². The van der Waals surface area contributed by atoms with Crippen LogP contribution < -0.4 is 5.32 Å². The summed E-state index contributed by atoms with van der Waals surface area (Å²) in [6.45, 7) is 4.93. The summed E-state index contributed by atoms with van der Waals surface area (Å²) < 4.78 is 0. The highest BCUT2D eigenvalue weighted by atomic mass is 35.5. The maximum absolute atomic E-state index is 11.9. The van der Waals surface area contributed by atoms with Gasteiger partial charge in [0.15, 0.2) is 0 Å². The van der Waals surface area contributed by atoms with Crippen molar-refractivity contribution in [3.8, 4) is 0 Å². The Morgan fingerprint density at radius 1 is 1.18 bits per heavy atom. The van der Waals surface area contributed by atoms with E-state index in [1.54, 1.807) is 18.2 Å². The molecule has 0 unspecified atom stereocenters. The van der Waals surface area contributed by atoms with Crippen LogP contribution in [0.4, 0.5) is 0 Å². The number of hydrogen-bond donors (Lipinski definition) is 1. The second kappa shape index (κ2) is 6.87. The number of carbonyl (C=O) groups excluding carboxylic acids is 1. The lowest BCUT2D eigenvalue weighted by molar-refractivity contribution is 0.0946. The highest BCUT2D eigenvalue weighted by Gasteiger charge is 2.10. The molecule has 0 aliphatic heterocycles. The summed E-state index contributed by atoms with van der Waals surface area (Å²) in [6, 6.07) is 4.85. The van der Waals surface area contributed by atoms with Crippen molar-refractivity contribution in [1.82, 2.24) is 5.32 Å². The Balaban J connectivity index is 2.63. The van der Waals surface area contributed by atoms with Crippen molar-refractivity contribution >= 4 is 29.1 Å². The fraction of sp³-hybridized carbons (Fsp3) is 0.462. The van der Waals surface area contributed by atoms with Gasteiger partial charge in [-0.25, -0.2) is 0 Å². The Morgan fingerprint density at radius 3 is 2.18 bits per heavy atom. The summed E-state index contributed by atoms with van der Waals surface area (Å²) in [6.07, 6.45) is 2.13. The molecule has 0 saturated carbocycles. The lowest BCUT2D eigenvalue weighted by Gasteiger charge is -2.13. The van der Waals surface area contributed by atoms with E-state index >= 15 is 0 Å². The minimum atomic E-state index is -0.124. The fourth-order valence-corrected chi connectivity index (χ4v) is 2.13. The van der Waals surface area contributed by atoms with Crippen LogP contribution in [0.2, 0.25) is 10.0 Å². The number of carbonyl (C=O) groups is 1. The molecule has 0 spiro atoms. The number of halogens is 2. The Morgan fingerprint density at radius 2 is 1.71 bits per heavy atom. The summed E-state index contributed by atoms with van der Waals surface area (Å²) in [7, 11) is 0. The minimum absolute atomic E-state index is 0.124. The SMILES string of the molecule is CCC(CC)CNC(=O)c1cc(Cl)cc(Cl)c1. The van der Waals surface area contributed by atoms with Crippen LogP contribution in [-0.2, 0) is 0 Å². The molecular formula is C13H17Cl2NO. The lowest BCUT2D eigenvalue weighted by Crippen LogP contribution is -2.28. The van der Waals surface area contributed by atoms with Crippen molar-refractivity contribution in [2.24, 2.45) is 5.92 Å². The van der Waals surface area contributed by atoms with Crippen molar-refractivity contribution in [3.05, 3.63) is 33.8 Å². The predicted molar refractivity (Wildman–Crippen MR) is 72.9 cm³/mol. The van der Waals surface area contributed by atoms with E-state index in [1.807, 2.05) is 0 Å². The van der Waals surface area contributed by atoms with Crippen molar-refractivity contribution in [1.29, 1.82) is 0 Å². The average Bonchev–Trinajstić information content (AvgIpc) is 2.28. The maximum atomic E-state index is 11.9. The maximum Gasteiger partial charge on any atom is 0.251 e. The number of hydrogen-bond acceptors (Lipinski definition) is 1. The molecular weight excluding hydrogens is 257 g/mol. The number of nitrogens with one attached hydrogen (secondary N) is 1. The van der Waals surface area contributed by atoms with Crippen LogP contribution in [0.15, 0.2) is 18.2 Å². The first-order chi connectivity index (χ1) is 8.06. The van der Waals surface area contributed by atoms with Gasteiger partial charge in [0.1, 0.15) is 0 Å². The van der Waals surface area contributed by atoms with Crippen molar-refractivity contribution in [3.63, 3.8) is 0 Å². The topological polar surface area (TPSA) is 29.1 Å². The molecule has 1 rings (SSSR count). The molecule has 0 heterocycles. The Labute approximate surface area is 112 Å². The second-order valence-electron chi connectivity index (χ2n) is 4.05. The Kier molecular flexibility index (Phi) is 5.79. The zero-order valence-electron chi connectivity index (χ0n) is 10.1. The van der Waals surface area contributed by atoms with Crippen LogP contribution in [0.1, 0.15) is 37.0 Å². The van der Waals surface area contributed by atoms with E-state index in [0.717, 1.165) is 12.8 Å². The molecule has 2 nitrogen and oxygen atoms in total. The zero-order valence-corrected chi connectivity index (χ0v) is 11.6. The highest BCUT2D eigenvalue weighted by molar-refractivity contribution is 6.35. The molecule has 1 aromatic rings. The van der Waals surface area contributed by atoms with Gasteiger partial charge in [0.2, 0.25) is 0 Å². The summed E-state index contributed by atoms with van der Waals surface area (Å²) in [5, 5.41) is 3.85. The Bertz CT molecular complexity index is 369. The number of benzene rings is 1. The molecule has 0 radical (unpaired) electrons. The lowest BCUT2D eigenvalue weighted by atomic mass is 10.0. The highest BCUT2D eigenvalue weighted by Crippen LogP contribution is 2.19. The van der Waals surface area contributed by atoms with Gasteiger partial charge >= 0.3 is 0 Å². The van der Waals surface area contributed by atoms with Gasteiger partial charge in [0, 0.05) is 22.2 Å². The van der Waals surface area contributed by atoms with Crippen LogP contribution in [0.3, 0.4) is 0 Å². The van der Waals surface area contributed by atoms with E-state index in [0.29, 0.717) is 28.1 Å². The summed E-state index contributed by atoms with van der Waals surface area (Å²) in [4.78, 5) is 11.9. The molecule has 0 aliphatic carbocycles. The Hall–Kier alpha value is -0.730. The third kappa shape index (κ3) is 4.57. The molecule has 0 bridgehead atoms. The standard InChI is InChI=1S/C13H17Cl2NO/c1-3-9(4-2)8-16-13(17)10-5-11(14)7-12(15)6-10/h5-7,9H,3-4,8H2,1-2H3,(H,16,17). The van der Waals surface area contributed by atoms with Gasteiger partial charge in [-0.1, -0.05) is 49.9 Å².